The normalized spacial score (nSPS) is 10.7. The molecule has 0 saturated heterocycles. The van der Waals surface area contributed by atoms with Gasteiger partial charge in [0.05, 0.1) is 11.3 Å². The molecule has 0 aliphatic rings. The Morgan fingerprint density at radius 1 is 1.13 bits per heavy atom. The zero-order valence-corrected chi connectivity index (χ0v) is 18.7. The van der Waals surface area contributed by atoms with Gasteiger partial charge < -0.3 is 15.2 Å². The van der Waals surface area contributed by atoms with Gasteiger partial charge in [-0.15, -0.1) is 0 Å². The maximum absolute atomic E-state index is 13.5. The van der Waals surface area contributed by atoms with Crippen LogP contribution < -0.4 is 10.6 Å². The summed E-state index contributed by atoms with van der Waals surface area (Å²) in [6.07, 6.45) is 0.637. The average molecular weight is 442 g/mol. The number of aryl methyl sites for hydroxylation is 1. The Balaban J connectivity index is 1.76. The molecule has 0 atom stereocenters. The molecule has 2 amide bonds. The lowest BCUT2D eigenvalue weighted by molar-refractivity contribution is -0.117. The summed E-state index contributed by atoms with van der Waals surface area (Å²) < 4.78 is 15.0. The molecule has 0 aliphatic carbocycles. The lowest BCUT2D eigenvalue weighted by Gasteiger charge is -2.07. The van der Waals surface area contributed by atoms with Gasteiger partial charge in [-0.1, -0.05) is 0 Å². The molecule has 31 heavy (non-hydrogen) atoms. The zero-order chi connectivity index (χ0) is 22.7. The highest BCUT2D eigenvalue weighted by atomic mass is 32.1. The number of benzene rings is 1. The Labute approximate surface area is 184 Å². The number of hydrogen-bond acceptors (Lipinski definition) is 4. The van der Waals surface area contributed by atoms with Crippen molar-refractivity contribution in [3.05, 3.63) is 74.5 Å². The number of ketones is 1. The number of rotatable bonds is 7. The number of aromatic nitrogens is 1. The number of amides is 2. The van der Waals surface area contributed by atoms with Gasteiger partial charge in [0.25, 0.3) is 17.6 Å². The smallest absolute Gasteiger partial charge is 0.294 e. The van der Waals surface area contributed by atoms with E-state index in [4.69, 9.17) is 0 Å². The summed E-state index contributed by atoms with van der Waals surface area (Å²) >= 11 is 1.58. The van der Waals surface area contributed by atoms with Crippen LogP contribution >= 0.6 is 11.3 Å². The molecule has 0 unspecified atom stereocenters. The topological polar surface area (TPSA) is 80.2 Å². The van der Waals surface area contributed by atoms with Crippen molar-refractivity contribution in [1.29, 1.82) is 0 Å². The Hall–Kier alpha value is -3.26. The van der Waals surface area contributed by atoms with E-state index in [9.17, 15) is 18.8 Å². The standard InChI is InChI=1S/C23H24FN3O3S/c1-13-11-17(5-6-18(13)24)26-22(29)19-14(2)20(27(4)15(19)3)21(28)23(30)25-9-7-16-8-10-31-12-16/h5-6,8,10-12H,7,9H2,1-4H3,(H,25,30)(H,26,29). The molecule has 6 nitrogen and oxygen atoms in total. The third-order valence-electron chi connectivity index (χ3n) is 5.27. The first-order valence-electron chi connectivity index (χ1n) is 9.77. The van der Waals surface area contributed by atoms with Gasteiger partial charge >= 0.3 is 0 Å². The van der Waals surface area contributed by atoms with Crippen LogP contribution in [0.3, 0.4) is 0 Å². The van der Waals surface area contributed by atoms with E-state index in [2.05, 4.69) is 10.6 Å². The van der Waals surface area contributed by atoms with Gasteiger partial charge in [0, 0.05) is 25.0 Å². The van der Waals surface area contributed by atoms with Crippen molar-refractivity contribution in [3.8, 4) is 0 Å². The molecule has 0 aliphatic heterocycles. The van der Waals surface area contributed by atoms with Crippen molar-refractivity contribution in [3.63, 3.8) is 0 Å². The highest BCUT2D eigenvalue weighted by molar-refractivity contribution is 7.07. The van der Waals surface area contributed by atoms with Crippen molar-refractivity contribution in [1.82, 2.24) is 9.88 Å². The molecule has 2 aromatic heterocycles. The van der Waals surface area contributed by atoms with Crippen LogP contribution in [-0.4, -0.2) is 28.7 Å². The van der Waals surface area contributed by atoms with E-state index in [0.29, 0.717) is 41.0 Å². The van der Waals surface area contributed by atoms with Crippen LogP contribution in [0.4, 0.5) is 10.1 Å². The highest BCUT2D eigenvalue weighted by Gasteiger charge is 2.28. The number of nitrogens with zero attached hydrogens (tertiary/aromatic N) is 1. The van der Waals surface area contributed by atoms with Crippen LogP contribution in [0.5, 0.6) is 0 Å². The third kappa shape index (κ3) is 4.74. The number of carbonyl (C=O) groups excluding carboxylic acids is 3. The number of Topliss-reactive ketones (excluding diaryl/α,β-unsaturated/α-hetero) is 1. The van der Waals surface area contributed by atoms with Crippen LogP contribution in [0.1, 0.15) is 43.2 Å². The molecule has 0 spiro atoms. The molecule has 0 bridgehead atoms. The first-order valence-corrected chi connectivity index (χ1v) is 10.7. The molecular formula is C23H24FN3O3S. The number of halogens is 1. The van der Waals surface area contributed by atoms with Gasteiger partial charge in [-0.3, -0.25) is 14.4 Å². The van der Waals surface area contributed by atoms with E-state index in [1.54, 1.807) is 43.7 Å². The summed E-state index contributed by atoms with van der Waals surface area (Å²) in [5.41, 5.74) is 3.43. The molecule has 0 saturated carbocycles. The van der Waals surface area contributed by atoms with E-state index in [0.717, 1.165) is 5.56 Å². The van der Waals surface area contributed by atoms with Gasteiger partial charge in [-0.05, 0) is 78.9 Å². The second kappa shape index (κ2) is 9.26. The molecule has 1 aromatic carbocycles. The fraction of sp³-hybridized carbons (Fsp3) is 0.261. The quantitative estimate of drug-likeness (QED) is 0.430. The van der Waals surface area contributed by atoms with E-state index in [-0.39, 0.29) is 11.5 Å². The van der Waals surface area contributed by atoms with E-state index in [1.807, 2.05) is 16.8 Å². The highest BCUT2D eigenvalue weighted by Crippen LogP contribution is 2.24. The summed E-state index contributed by atoms with van der Waals surface area (Å²) in [7, 11) is 1.65. The lowest BCUT2D eigenvalue weighted by atomic mass is 10.1. The van der Waals surface area contributed by atoms with Crippen molar-refractivity contribution in [2.45, 2.75) is 27.2 Å². The molecule has 3 rings (SSSR count). The fourth-order valence-corrected chi connectivity index (χ4v) is 4.20. The lowest BCUT2D eigenvalue weighted by Crippen LogP contribution is -2.34. The number of anilines is 1. The molecule has 2 N–H and O–H groups in total. The minimum atomic E-state index is -0.708. The predicted molar refractivity (Wildman–Crippen MR) is 119 cm³/mol. The number of hydrogen-bond donors (Lipinski definition) is 2. The monoisotopic (exact) mass is 441 g/mol. The van der Waals surface area contributed by atoms with Crippen LogP contribution in [-0.2, 0) is 18.3 Å². The molecular weight excluding hydrogens is 417 g/mol. The van der Waals surface area contributed by atoms with Crippen molar-refractivity contribution in [2.24, 2.45) is 7.05 Å². The second-order valence-corrected chi connectivity index (χ2v) is 8.16. The van der Waals surface area contributed by atoms with Crippen LogP contribution in [0, 0.1) is 26.6 Å². The summed E-state index contributed by atoms with van der Waals surface area (Å²) in [6, 6.07) is 6.26. The van der Waals surface area contributed by atoms with E-state index in [1.165, 1.54) is 18.2 Å². The predicted octanol–water partition coefficient (Wildman–Crippen LogP) is 3.94. The average Bonchev–Trinajstić information content (AvgIpc) is 3.31. The Morgan fingerprint density at radius 2 is 1.87 bits per heavy atom. The van der Waals surface area contributed by atoms with Crippen molar-refractivity contribution in [2.75, 3.05) is 11.9 Å². The number of carbonyl (C=O) groups is 3. The molecule has 0 radical (unpaired) electrons. The maximum atomic E-state index is 13.5. The van der Waals surface area contributed by atoms with Gasteiger partial charge in [0.1, 0.15) is 5.82 Å². The first-order chi connectivity index (χ1) is 14.7. The molecule has 162 valence electrons. The summed E-state index contributed by atoms with van der Waals surface area (Å²) in [6.45, 7) is 5.31. The molecule has 2 heterocycles. The summed E-state index contributed by atoms with van der Waals surface area (Å²) in [4.78, 5) is 38.1. The van der Waals surface area contributed by atoms with Crippen molar-refractivity contribution >= 4 is 34.6 Å². The van der Waals surface area contributed by atoms with Crippen molar-refractivity contribution < 1.29 is 18.8 Å². The number of thiophene rings is 1. The number of nitrogens with one attached hydrogen (secondary N) is 2. The van der Waals surface area contributed by atoms with Gasteiger partial charge in [-0.2, -0.15) is 11.3 Å². The molecule has 3 aromatic rings. The molecule has 8 heteroatoms. The first kappa shape index (κ1) is 22.4. The van der Waals surface area contributed by atoms with Gasteiger partial charge in [0.15, 0.2) is 0 Å². The van der Waals surface area contributed by atoms with Crippen LogP contribution in [0.2, 0.25) is 0 Å². The Morgan fingerprint density at radius 3 is 2.52 bits per heavy atom. The summed E-state index contributed by atoms with van der Waals surface area (Å²) in [5, 5.41) is 9.34. The SMILES string of the molecule is Cc1cc(NC(=O)c2c(C)c(C(=O)C(=O)NCCc3ccsc3)n(C)c2C)ccc1F. The van der Waals surface area contributed by atoms with E-state index >= 15 is 0 Å². The zero-order valence-electron chi connectivity index (χ0n) is 17.8. The molecule has 0 fully saturated rings. The van der Waals surface area contributed by atoms with E-state index < -0.39 is 17.6 Å². The Bertz CT molecular complexity index is 1150. The van der Waals surface area contributed by atoms with Gasteiger partial charge in [-0.25, -0.2) is 4.39 Å². The Kier molecular flexibility index (Phi) is 6.70. The third-order valence-corrected chi connectivity index (χ3v) is 6.01. The van der Waals surface area contributed by atoms with Gasteiger partial charge in [0.2, 0.25) is 0 Å². The summed E-state index contributed by atoms with van der Waals surface area (Å²) in [5.74, 6) is -2.18. The van der Waals surface area contributed by atoms with Crippen LogP contribution in [0.25, 0.3) is 0 Å². The minimum absolute atomic E-state index is 0.172. The fourth-order valence-electron chi connectivity index (χ4n) is 3.49. The van der Waals surface area contributed by atoms with Crippen LogP contribution in [0.15, 0.2) is 35.0 Å². The maximum Gasteiger partial charge on any atom is 0.294 e. The minimum Gasteiger partial charge on any atom is -0.349 e. The largest absolute Gasteiger partial charge is 0.349 e. The second-order valence-electron chi connectivity index (χ2n) is 7.38.